The van der Waals surface area contributed by atoms with Gasteiger partial charge in [-0.25, -0.2) is 0 Å². The zero-order valence-corrected chi connectivity index (χ0v) is 22.1. The van der Waals surface area contributed by atoms with E-state index in [-0.39, 0.29) is 24.0 Å². The molecule has 149 valence electrons. The van der Waals surface area contributed by atoms with E-state index in [0.717, 1.165) is 13.1 Å². The Morgan fingerprint density at radius 3 is 1.07 bits per heavy atom. The summed E-state index contributed by atoms with van der Waals surface area (Å²) in [5, 5.41) is 0. The molecule has 4 rings (SSSR count). The van der Waals surface area contributed by atoms with E-state index in [1.165, 1.54) is 22.5 Å². The van der Waals surface area contributed by atoms with Gasteiger partial charge in [-0.15, -0.1) is 0 Å². The molecular formula is C26H24IN2Nd. The Bertz CT molecular complexity index is 899. The molecule has 0 amide bonds. The quantitative estimate of drug-likeness (QED) is 0.275. The van der Waals surface area contributed by atoms with Crippen LogP contribution in [0.5, 0.6) is 0 Å². The molecule has 0 aliphatic carbocycles. The molecule has 30 heavy (non-hydrogen) atoms. The molecule has 0 aliphatic heterocycles. The number of para-hydroxylation sites is 2. The van der Waals surface area contributed by atoms with Crippen molar-refractivity contribution >= 4 is 11.4 Å². The monoisotopic (exact) mass is 633 g/mol. The number of rotatable bonds is 8. The Labute approximate surface area is 218 Å². The topological polar surface area (TPSA) is 6.48 Å². The Kier molecular flexibility index (Phi) is 9.62. The van der Waals surface area contributed by atoms with Gasteiger partial charge in [0.2, 0.25) is 0 Å². The number of anilines is 2. The summed E-state index contributed by atoms with van der Waals surface area (Å²) in [5.74, 6) is 0. The Morgan fingerprint density at radius 1 is 0.433 bits per heavy atom. The molecule has 4 aromatic rings. The second kappa shape index (κ2) is 12.4. The van der Waals surface area contributed by atoms with Crippen molar-refractivity contribution in [2.45, 2.75) is 13.1 Å². The van der Waals surface area contributed by atoms with E-state index in [1.54, 1.807) is 0 Å². The van der Waals surface area contributed by atoms with Gasteiger partial charge < -0.3 is 24.0 Å². The van der Waals surface area contributed by atoms with Gasteiger partial charge in [0, 0.05) is 0 Å². The van der Waals surface area contributed by atoms with E-state index in [0.29, 0.717) is 0 Å². The van der Waals surface area contributed by atoms with Crippen LogP contribution < -0.4 is 25.9 Å². The summed E-state index contributed by atoms with van der Waals surface area (Å²) in [5.41, 5.74) is 5.34. The Hall–Kier alpha value is -1.44. The number of halogens is 1. The van der Waals surface area contributed by atoms with E-state index in [4.69, 9.17) is 0 Å². The average Bonchev–Trinajstić information content (AvgIpc) is 2.81. The predicted octanol–water partition coefficient (Wildman–Crippen LogP) is 3.32. The third kappa shape index (κ3) is 6.79. The zero-order chi connectivity index (χ0) is 19.7. The summed E-state index contributed by atoms with van der Waals surface area (Å²) < 4.78 is 5.26. The van der Waals surface area contributed by atoms with Crippen LogP contribution in [0, 0.1) is 37.5 Å². The normalized spacial score (nSPS) is 9.87. The molecule has 0 fully saturated rings. The van der Waals surface area contributed by atoms with Gasteiger partial charge in [0.25, 0.3) is 0 Å². The van der Waals surface area contributed by atoms with Crippen molar-refractivity contribution in [3.05, 3.63) is 132 Å². The van der Waals surface area contributed by atoms with Gasteiger partial charge in [0.1, 0.15) is 0 Å². The van der Waals surface area contributed by atoms with Crippen LogP contribution in [0.1, 0.15) is 11.1 Å². The third-order valence-corrected chi connectivity index (χ3v) is 8.96. The van der Waals surface area contributed by atoms with Crippen LogP contribution in [0.25, 0.3) is 0 Å². The number of hydrogen-bond acceptors (Lipinski definition) is 2. The van der Waals surface area contributed by atoms with Crippen LogP contribution in [0.2, 0.25) is 0 Å². The molecule has 0 unspecified atom stereocenters. The van der Waals surface area contributed by atoms with Gasteiger partial charge in [-0.05, 0) is 0 Å². The number of benzene rings is 4. The molecule has 0 aromatic heterocycles. The van der Waals surface area contributed by atoms with Crippen molar-refractivity contribution in [3.8, 4) is 0 Å². The molecule has 4 aromatic carbocycles. The number of nitrogens with zero attached hydrogens (tertiary/aromatic N) is 2. The van der Waals surface area contributed by atoms with Crippen LogP contribution in [0.4, 0.5) is 11.4 Å². The van der Waals surface area contributed by atoms with Crippen molar-refractivity contribution < 1.29 is 61.5 Å². The Morgan fingerprint density at radius 2 is 0.733 bits per heavy atom. The fraction of sp³-hybridized carbons (Fsp3) is 0.0769. The maximum atomic E-state index is 2.63. The van der Waals surface area contributed by atoms with Gasteiger partial charge in [0.15, 0.2) is 0 Å². The molecule has 4 heteroatoms. The summed E-state index contributed by atoms with van der Waals surface area (Å²) in [6.45, 7) is 1.90. The van der Waals surface area contributed by atoms with Crippen LogP contribution in [0.3, 0.4) is 0 Å². The first-order chi connectivity index (χ1) is 14.4. The molecule has 0 saturated carbocycles. The first kappa shape index (κ1) is 23.2. The second-order valence-corrected chi connectivity index (χ2v) is 11.0. The molecule has 0 bridgehead atoms. The molecule has 0 radical (unpaired) electrons. The minimum atomic E-state index is -1.41. The van der Waals surface area contributed by atoms with Crippen molar-refractivity contribution in [2.24, 2.45) is 0 Å². The predicted molar refractivity (Wildman–Crippen MR) is 118 cm³/mol. The summed E-state index contributed by atoms with van der Waals surface area (Å²) in [7, 11) is 0. The van der Waals surface area contributed by atoms with E-state index >= 15 is 0 Å². The van der Waals surface area contributed by atoms with Crippen molar-refractivity contribution in [2.75, 3.05) is 1.97 Å². The van der Waals surface area contributed by atoms with Crippen LogP contribution in [-0.4, -0.2) is 0 Å². The Balaban J connectivity index is 0.00000256. The van der Waals surface area contributed by atoms with Crippen molar-refractivity contribution in [1.82, 2.24) is 0 Å². The summed E-state index contributed by atoms with van der Waals surface area (Å²) in [4.78, 5) is 0. The van der Waals surface area contributed by atoms with E-state index in [9.17, 15) is 0 Å². The summed E-state index contributed by atoms with van der Waals surface area (Å²) in [6.07, 6.45) is 0. The SMILES string of the molecule is [I-].c1ccc(C[N]([Nd+][N](Cc2ccccc2)c2ccccc2)c2ccccc2)cc1. The van der Waals surface area contributed by atoms with Gasteiger partial charge in [-0.3, -0.25) is 0 Å². The zero-order valence-electron chi connectivity index (χ0n) is 16.7. The molecule has 0 saturated heterocycles. The van der Waals surface area contributed by atoms with Crippen molar-refractivity contribution in [1.29, 1.82) is 0 Å². The first-order valence-electron chi connectivity index (χ1n) is 9.88. The van der Waals surface area contributed by atoms with Crippen LogP contribution in [-0.2, 0) is 13.1 Å². The molecule has 0 N–H and O–H groups in total. The molecule has 0 atom stereocenters. The fourth-order valence-electron chi connectivity index (χ4n) is 3.26. The first-order valence-corrected chi connectivity index (χ1v) is 12.7. The molecular weight excluding hydrogens is 611 g/mol. The summed E-state index contributed by atoms with van der Waals surface area (Å²) in [6, 6.07) is 43.3. The summed E-state index contributed by atoms with van der Waals surface area (Å²) >= 11 is -1.41. The van der Waals surface area contributed by atoms with Gasteiger partial charge >= 0.3 is 196 Å². The second-order valence-electron chi connectivity index (χ2n) is 6.91. The molecule has 0 heterocycles. The van der Waals surface area contributed by atoms with Gasteiger partial charge in [-0.1, -0.05) is 0 Å². The van der Waals surface area contributed by atoms with Crippen LogP contribution in [0.15, 0.2) is 121 Å². The number of hydrogen-bond donors (Lipinski definition) is 0. The molecule has 2 nitrogen and oxygen atoms in total. The van der Waals surface area contributed by atoms with E-state index in [1.807, 2.05) is 0 Å². The standard InChI is InChI=1S/2C13H12N.HI.Nd/c2*1-3-7-12(8-4-1)11-14-13-9-5-2-6-10-13;;/h2*1-10H,11H2;1H;/q2*-1;;+3/p-1. The van der Waals surface area contributed by atoms with Gasteiger partial charge in [-0.2, -0.15) is 0 Å². The minimum absolute atomic E-state index is 0. The molecule has 0 spiro atoms. The van der Waals surface area contributed by atoms with Crippen LogP contribution >= 0.6 is 0 Å². The maximum absolute atomic E-state index is 2.63. The van der Waals surface area contributed by atoms with Crippen molar-refractivity contribution in [3.63, 3.8) is 0 Å². The van der Waals surface area contributed by atoms with Gasteiger partial charge in [0.05, 0.1) is 0 Å². The third-order valence-electron chi connectivity index (χ3n) is 4.74. The van der Waals surface area contributed by atoms with E-state index < -0.39 is 37.5 Å². The molecule has 0 aliphatic rings. The van der Waals surface area contributed by atoms with E-state index in [2.05, 4.69) is 123 Å². The fourth-order valence-corrected chi connectivity index (χ4v) is 7.52. The average molecular weight is 636 g/mol.